The Bertz CT molecular complexity index is 6570. The number of benzene rings is 14. The molecule has 2 aliphatic rings. The first-order valence-electron chi connectivity index (χ1n) is 41.5. The molecule has 14 aromatic carbocycles. The van der Waals surface area contributed by atoms with Crippen LogP contribution in [0.4, 0.5) is 34.1 Å². The van der Waals surface area contributed by atoms with Gasteiger partial charge in [0, 0.05) is 75.5 Å². The second-order valence-corrected chi connectivity index (χ2v) is 33.1. The van der Waals surface area contributed by atoms with Gasteiger partial charge in [0.25, 0.3) is 0 Å². The number of nitrogens with zero attached hydrogens (tertiary/aromatic N) is 4. The number of hydrogen-bond donors (Lipinski definition) is 4. The van der Waals surface area contributed by atoms with Crippen LogP contribution >= 0.6 is 31.9 Å². The normalized spacial score (nSPS) is 13.2. The molecule has 584 valence electrons. The Hall–Kier alpha value is -12.5. The van der Waals surface area contributed by atoms with Gasteiger partial charge in [-0.05, 0) is 213 Å². The summed E-state index contributed by atoms with van der Waals surface area (Å²) in [7, 11) is -3.78. The van der Waals surface area contributed by atoms with Crippen LogP contribution in [-0.2, 0) is 0 Å². The van der Waals surface area contributed by atoms with Gasteiger partial charge >= 0.3 is 14.2 Å². The van der Waals surface area contributed by atoms with E-state index in [2.05, 4.69) is 290 Å². The largest absolute Gasteiger partial charge is 0.489 e. The van der Waals surface area contributed by atoms with Gasteiger partial charge in [-0.15, -0.1) is 0 Å². The van der Waals surface area contributed by atoms with Gasteiger partial charge in [0.1, 0.15) is 11.2 Å². The van der Waals surface area contributed by atoms with E-state index in [9.17, 15) is 20.1 Å². The minimum Gasteiger partial charge on any atom is -0.453 e. The van der Waals surface area contributed by atoms with Gasteiger partial charge in [-0.1, -0.05) is 313 Å². The first kappa shape index (κ1) is 77.4. The molecular formula is C106H84B2Br2N4O6. The third-order valence-electron chi connectivity index (χ3n) is 24.0. The molecule has 0 radical (unpaired) electrons. The third kappa shape index (κ3) is 15.6. The van der Waals surface area contributed by atoms with Crippen LogP contribution in [0, 0.1) is 0 Å². The number of aromatic nitrogens is 2. The van der Waals surface area contributed by atoms with Gasteiger partial charge in [0.05, 0.1) is 34.2 Å². The Balaban J connectivity index is 0.000000159. The van der Waals surface area contributed by atoms with E-state index in [0.29, 0.717) is 50.7 Å². The Kier molecular flexibility index (Phi) is 22.2. The third-order valence-corrected chi connectivity index (χ3v) is 25.3. The van der Waals surface area contributed by atoms with Crippen LogP contribution in [0.25, 0.3) is 133 Å². The van der Waals surface area contributed by atoms with E-state index >= 15 is 0 Å². The summed E-state index contributed by atoms with van der Waals surface area (Å²) in [4.78, 5) is 14.8. The van der Waals surface area contributed by atoms with E-state index in [1.54, 1.807) is 18.2 Å². The van der Waals surface area contributed by atoms with Gasteiger partial charge in [0.2, 0.25) is 0 Å². The Morgan fingerprint density at radius 1 is 0.267 bits per heavy atom. The monoisotopic (exact) mass is 1690 g/mol. The summed E-state index contributed by atoms with van der Waals surface area (Å²) < 4.78 is 16.1. The highest BCUT2D eigenvalue weighted by Gasteiger charge is 2.32. The van der Waals surface area contributed by atoms with Gasteiger partial charge in [-0.25, -0.2) is 9.97 Å². The summed E-state index contributed by atoms with van der Waals surface area (Å²) in [6, 6.07) is 121. The summed E-state index contributed by atoms with van der Waals surface area (Å²) in [6.45, 7) is 0. The maximum atomic E-state index is 10.9. The van der Waals surface area contributed by atoms with Crippen molar-refractivity contribution >= 4 is 135 Å². The lowest BCUT2D eigenvalue weighted by atomic mass is 9.72. The van der Waals surface area contributed by atoms with Crippen molar-refractivity contribution in [3.05, 3.63) is 372 Å². The molecular weight excluding hydrogens is 1610 g/mol. The van der Waals surface area contributed by atoms with Crippen LogP contribution in [0.5, 0.6) is 0 Å². The van der Waals surface area contributed by atoms with E-state index in [1.807, 2.05) is 84.9 Å². The van der Waals surface area contributed by atoms with E-state index in [4.69, 9.17) is 18.8 Å². The van der Waals surface area contributed by atoms with Crippen molar-refractivity contribution < 1.29 is 28.9 Å². The number of furan rings is 2. The zero-order chi connectivity index (χ0) is 81.2. The number of hydrogen-bond acceptors (Lipinski definition) is 10. The lowest BCUT2D eigenvalue weighted by molar-refractivity contribution is 0.424. The highest BCUT2D eigenvalue weighted by molar-refractivity contribution is 9.11. The van der Waals surface area contributed by atoms with Crippen LogP contribution in [-0.4, -0.2) is 44.3 Å². The molecule has 2 saturated carbocycles. The minimum absolute atomic E-state index is 0.164. The molecule has 4 aromatic heterocycles. The fourth-order valence-corrected chi connectivity index (χ4v) is 19.0. The lowest BCUT2D eigenvalue weighted by Crippen LogP contribution is -2.33. The maximum absolute atomic E-state index is 10.9. The fourth-order valence-electron chi connectivity index (χ4n) is 18.0. The summed E-state index contributed by atoms with van der Waals surface area (Å²) in [5.41, 5.74) is 26.3. The predicted molar refractivity (Wildman–Crippen MR) is 503 cm³/mol. The second-order valence-electron chi connectivity index (χ2n) is 31.4. The van der Waals surface area contributed by atoms with Crippen LogP contribution in [0.15, 0.2) is 370 Å². The van der Waals surface area contributed by atoms with Crippen LogP contribution < -0.4 is 20.7 Å². The zero-order valence-electron chi connectivity index (χ0n) is 66.0. The second kappa shape index (κ2) is 34.5. The molecule has 14 heteroatoms. The van der Waals surface area contributed by atoms with E-state index < -0.39 is 14.2 Å². The topological polar surface area (TPSA) is 139 Å². The fraction of sp³-hybridized carbons (Fsp3) is 0.113. The molecule has 0 atom stereocenters. The smallest absolute Gasteiger partial charge is 0.453 e. The van der Waals surface area contributed by atoms with Crippen molar-refractivity contribution in [2.75, 3.05) is 9.80 Å². The van der Waals surface area contributed by atoms with Crippen molar-refractivity contribution in [3.8, 4) is 89.5 Å². The molecule has 4 heterocycles. The van der Waals surface area contributed by atoms with Crippen molar-refractivity contribution in [2.24, 2.45) is 0 Å². The van der Waals surface area contributed by atoms with Crippen molar-refractivity contribution in [1.82, 2.24) is 9.97 Å². The zero-order valence-corrected chi connectivity index (χ0v) is 69.2. The summed E-state index contributed by atoms with van der Waals surface area (Å²) in [5, 5.41) is 46.3. The molecule has 4 N–H and O–H groups in total. The van der Waals surface area contributed by atoms with E-state index in [1.165, 1.54) is 75.3 Å². The average Bonchev–Trinajstić information content (AvgIpc) is 1.57. The van der Waals surface area contributed by atoms with Crippen LogP contribution in [0.3, 0.4) is 0 Å². The van der Waals surface area contributed by atoms with E-state index in [-0.39, 0.29) is 10.9 Å². The van der Waals surface area contributed by atoms with Crippen LogP contribution in [0.2, 0.25) is 0 Å². The Morgan fingerprint density at radius 3 is 0.950 bits per heavy atom. The Morgan fingerprint density at radius 2 is 0.567 bits per heavy atom. The Labute approximate surface area is 716 Å². The first-order valence-corrected chi connectivity index (χ1v) is 43.0. The summed E-state index contributed by atoms with van der Waals surface area (Å²) in [6.07, 6.45) is 12.9. The number of rotatable bonds is 18. The van der Waals surface area contributed by atoms with Crippen LogP contribution in [0.1, 0.15) is 87.2 Å². The summed E-state index contributed by atoms with van der Waals surface area (Å²) in [5.74, 6) is 1.27. The maximum Gasteiger partial charge on any atom is 0.489 e. The molecule has 0 saturated heterocycles. The molecule has 0 amide bonds. The molecule has 0 bridgehead atoms. The van der Waals surface area contributed by atoms with Gasteiger partial charge in [-0.3, -0.25) is 0 Å². The lowest BCUT2D eigenvalue weighted by Gasteiger charge is -2.27. The van der Waals surface area contributed by atoms with Gasteiger partial charge < -0.3 is 38.7 Å². The molecule has 18 aromatic rings. The highest BCUT2D eigenvalue weighted by Crippen LogP contribution is 2.51. The number of anilines is 6. The molecule has 2 fully saturated rings. The molecule has 0 spiro atoms. The van der Waals surface area contributed by atoms with Gasteiger partial charge in [-0.2, -0.15) is 0 Å². The average molecular weight is 1690 g/mol. The predicted octanol–water partition coefficient (Wildman–Crippen LogP) is 27.2. The van der Waals surface area contributed by atoms with Gasteiger partial charge in [0.15, 0.2) is 11.2 Å². The minimum atomic E-state index is -1.89. The van der Waals surface area contributed by atoms with Crippen molar-refractivity contribution in [1.29, 1.82) is 0 Å². The quantitative estimate of drug-likeness (QED) is 0.0614. The molecule has 0 aliphatic heterocycles. The molecule has 20 rings (SSSR count). The molecule has 0 unspecified atom stereocenters. The van der Waals surface area contributed by atoms with Crippen molar-refractivity contribution in [3.63, 3.8) is 0 Å². The van der Waals surface area contributed by atoms with E-state index in [0.717, 1.165) is 138 Å². The number of fused-ring (bicyclic) bond motifs is 6. The standard InChI is InChI=1S/C53H44B2N2O5.C53H40Br2N2O/c58-54(59)45-30-29-44(48-24-12-23-47(56-48)39-27-25-38(26-28-39)35-13-4-1-5-14-35)52-50(45)51-46(55(60)61)31-32-49(53(51)62-52)57(42-21-10-19-40(33-42)36-15-6-2-7-16-36)43-22-11-20-41(34-43)37-17-8-3-9-18-37;54-45-30-29-44(48-24-12-23-47(56-48)39-27-25-38(26-28-39)35-13-4-1-5-14-35)52-50(45)51-46(55)31-32-49(53(51)58-52)57(42-21-10-19-40(33-42)36-15-6-2-7-16-36)43-22-11-20-41(34-43)37-17-8-3-9-18-37/h2-3,6-12,15-35,58-61H,1,4-5,13-14H2;2-3,6-12,15-35H,1,4-5,13-14H2. The molecule has 2 aliphatic carbocycles. The molecule has 120 heavy (non-hydrogen) atoms. The van der Waals surface area contributed by atoms with Crippen molar-refractivity contribution in [2.45, 2.75) is 76.0 Å². The SMILES string of the molecule is Brc1ccc(-c2cccc(-c3ccc(C4CCCCC4)cc3)n2)c2oc3c(N(c4cccc(-c5ccccc5)c4)c4cccc(-c5ccccc5)c4)ccc(Br)c3c12.OB(O)c1ccc(-c2cccc(-c3ccc(C4CCCCC4)cc3)n2)c2oc3c(N(c4cccc(-c5ccccc5)c4)c4cccc(-c5ccccc5)c4)ccc(B(O)O)c3c12. The number of halogens is 2. The number of pyridine rings is 2. The molecule has 10 nitrogen and oxygen atoms in total. The first-order chi connectivity index (χ1) is 59.0. The summed E-state index contributed by atoms with van der Waals surface area (Å²) >= 11 is 7.89. The highest BCUT2D eigenvalue weighted by atomic mass is 79.9.